The van der Waals surface area contributed by atoms with Gasteiger partial charge in [0, 0.05) is 0 Å². The quantitative estimate of drug-likeness (QED) is 0.880. The molecule has 0 spiro atoms. The van der Waals surface area contributed by atoms with E-state index < -0.39 is 15.8 Å². The number of hydrogen-bond acceptors (Lipinski definition) is 5. The van der Waals surface area contributed by atoms with E-state index in [0.29, 0.717) is 17.9 Å². The first kappa shape index (κ1) is 17.6. The van der Waals surface area contributed by atoms with Crippen LogP contribution in [0, 0.1) is 12.8 Å². The number of hydrogen-bond donors (Lipinski definition) is 1. The van der Waals surface area contributed by atoms with Gasteiger partial charge >= 0.3 is 0 Å². The molecule has 0 aliphatic carbocycles. The van der Waals surface area contributed by atoms with Gasteiger partial charge < -0.3 is 14.8 Å². The molecule has 1 saturated heterocycles. The molecule has 0 unspecified atom stereocenters. The van der Waals surface area contributed by atoms with Gasteiger partial charge in [-0.2, -0.15) is 0 Å². The van der Waals surface area contributed by atoms with Gasteiger partial charge in [0.05, 0.1) is 37.7 Å². The topological polar surface area (TPSA) is 81.7 Å². The molecule has 0 radical (unpaired) electrons. The molecule has 1 aromatic rings. The smallest absolute Gasteiger partial charge is 0.224 e. The predicted molar refractivity (Wildman–Crippen MR) is 87.6 cm³/mol. The van der Waals surface area contributed by atoms with Gasteiger partial charge in [-0.25, -0.2) is 8.42 Å². The molecule has 23 heavy (non-hydrogen) atoms. The summed E-state index contributed by atoms with van der Waals surface area (Å²) in [6.07, 6.45) is 0.395. The zero-order valence-electron chi connectivity index (χ0n) is 13.9. The van der Waals surface area contributed by atoms with Crippen molar-refractivity contribution in [2.24, 2.45) is 5.92 Å². The third-order valence-corrected chi connectivity index (χ3v) is 5.97. The molecule has 7 heteroatoms. The molecule has 1 N–H and O–H groups in total. The average molecular weight is 341 g/mol. The lowest BCUT2D eigenvalue weighted by molar-refractivity contribution is -0.124. The Morgan fingerprint density at radius 3 is 2.39 bits per heavy atom. The average Bonchev–Trinajstić information content (AvgIpc) is 2.86. The van der Waals surface area contributed by atoms with Crippen molar-refractivity contribution >= 4 is 15.7 Å². The van der Waals surface area contributed by atoms with Gasteiger partial charge in [-0.15, -0.1) is 0 Å². The van der Waals surface area contributed by atoms with E-state index in [1.807, 2.05) is 26.0 Å². The predicted octanol–water partition coefficient (Wildman–Crippen LogP) is 1.62. The van der Waals surface area contributed by atoms with Gasteiger partial charge in [0.15, 0.2) is 21.3 Å². The Morgan fingerprint density at radius 1 is 1.26 bits per heavy atom. The van der Waals surface area contributed by atoms with Crippen LogP contribution in [0.5, 0.6) is 11.5 Å². The van der Waals surface area contributed by atoms with Crippen molar-refractivity contribution in [1.82, 2.24) is 5.32 Å². The van der Waals surface area contributed by atoms with Gasteiger partial charge in [-0.1, -0.05) is 0 Å². The van der Waals surface area contributed by atoms with Crippen LogP contribution < -0.4 is 14.8 Å². The number of aryl methyl sites for hydroxylation is 1. The number of nitrogens with one attached hydrogen (secondary N) is 1. The Hall–Kier alpha value is -1.76. The second-order valence-corrected chi connectivity index (χ2v) is 8.12. The largest absolute Gasteiger partial charge is 0.493 e. The summed E-state index contributed by atoms with van der Waals surface area (Å²) in [5.74, 6) is 0.591. The van der Waals surface area contributed by atoms with Crippen molar-refractivity contribution in [2.45, 2.75) is 26.3 Å². The molecule has 0 saturated carbocycles. The van der Waals surface area contributed by atoms with Gasteiger partial charge in [0.25, 0.3) is 0 Å². The van der Waals surface area contributed by atoms with Crippen LogP contribution >= 0.6 is 0 Å². The Bertz CT molecular complexity index is 699. The molecule has 1 aromatic carbocycles. The van der Waals surface area contributed by atoms with E-state index in [2.05, 4.69) is 5.32 Å². The lowest BCUT2D eigenvalue weighted by Gasteiger charge is -2.20. The van der Waals surface area contributed by atoms with E-state index >= 15 is 0 Å². The molecule has 1 heterocycles. The third-order valence-electron chi connectivity index (χ3n) is 4.20. The summed E-state index contributed by atoms with van der Waals surface area (Å²) in [5, 5.41) is 2.91. The van der Waals surface area contributed by atoms with Crippen molar-refractivity contribution in [3.63, 3.8) is 0 Å². The number of ether oxygens (including phenoxy) is 2. The minimum Gasteiger partial charge on any atom is -0.493 e. The summed E-state index contributed by atoms with van der Waals surface area (Å²) < 4.78 is 33.6. The van der Waals surface area contributed by atoms with Crippen molar-refractivity contribution in [3.05, 3.63) is 23.3 Å². The standard InChI is InChI=1S/C16H23NO5S/c1-10-7-14(21-3)15(22-4)8-13(10)11(2)17-16(18)12-5-6-23(19,20)9-12/h7-8,11-12H,5-6,9H2,1-4H3,(H,17,18)/t11-,12+/m0/s1. The number of sulfone groups is 1. The van der Waals surface area contributed by atoms with E-state index in [4.69, 9.17) is 9.47 Å². The Balaban J connectivity index is 2.14. The summed E-state index contributed by atoms with van der Waals surface area (Å²) in [7, 11) is 0.0651. The second kappa shape index (κ2) is 6.78. The molecule has 6 nitrogen and oxygen atoms in total. The van der Waals surface area contributed by atoms with Crippen molar-refractivity contribution < 1.29 is 22.7 Å². The Morgan fingerprint density at radius 2 is 1.87 bits per heavy atom. The highest BCUT2D eigenvalue weighted by Crippen LogP contribution is 2.33. The molecular weight excluding hydrogens is 318 g/mol. The molecule has 128 valence electrons. The third kappa shape index (κ3) is 3.96. The van der Waals surface area contributed by atoms with E-state index in [0.717, 1.165) is 11.1 Å². The fourth-order valence-electron chi connectivity index (χ4n) is 2.87. The lowest BCUT2D eigenvalue weighted by atomic mass is 10.00. The first-order valence-corrected chi connectivity index (χ1v) is 9.33. The van der Waals surface area contributed by atoms with Crippen LogP contribution in [0.4, 0.5) is 0 Å². The minimum atomic E-state index is -3.07. The van der Waals surface area contributed by atoms with Gasteiger partial charge in [0.2, 0.25) is 5.91 Å². The van der Waals surface area contributed by atoms with Crippen molar-refractivity contribution in [2.75, 3.05) is 25.7 Å². The second-order valence-electron chi connectivity index (χ2n) is 5.89. The van der Waals surface area contributed by atoms with Gasteiger partial charge in [-0.05, 0) is 43.5 Å². The fraction of sp³-hybridized carbons (Fsp3) is 0.562. The summed E-state index contributed by atoms with van der Waals surface area (Å²) >= 11 is 0. The van der Waals surface area contributed by atoms with Crippen LogP contribution in [-0.4, -0.2) is 40.1 Å². The van der Waals surface area contributed by atoms with E-state index in [1.165, 1.54) is 0 Å². The summed E-state index contributed by atoms with van der Waals surface area (Å²) in [4.78, 5) is 12.3. The highest BCUT2D eigenvalue weighted by Gasteiger charge is 2.33. The summed E-state index contributed by atoms with van der Waals surface area (Å²) in [6, 6.07) is 3.45. The lowest BCUT2D eigenvalue weighted by Crippen LogP contribution is -2.33. The minimum absolute atomic E-state index is 0.0591. The van der Waals surface area contributed by atoms with Crippen molar-refractivity contribution in [1.29, 1.82) is 0 Å². The maximum absolute atomic E-state index is 12.3. The van der Waals surface area contributed by atoms with Crippen molar-refractivity contribution in [3.8, 4) is 11.5 Å². The summed E-state index contributed by atoms with van der Waals surface area (Å²) in [6.45, 7) is 3.80. The van der Waals surface area contributed by atoms with Crippen LogP contribution in [0.25, 0.3) is 0 Å². The van der Waals surface area contributed by atoms with Crippen LogP contribution in [-0.2, 0) is 14.6 Å². The number of rotatable bonds is 5. The van der Waals surface area contributed by atoms with Crippen LogP contribution in [0.3, 0.4) is 0 Å². The normalized spacial score (nSPS) is 20.8. The molecule has 1 aliphatic heterocycles. The number of benzene rings is 1. The van der Waals surface area contributed by atoms with Gasteiger partial charge in [-0.3, -0.25) is 4.79 Å². The highest BCUT2D eigenvalue weighted by atomic mass is 32.2. The number of methoxy groups -OCH3 is 2. The zero-order chi connectivity index (χ0) is 17.2. The molecule has 2 atom stereocenters. The van der Waals surface area contributed by atoms with E-state index in [1.54, 1.807) is 14.2 Å². The molecular formula is C16H23NO5S. The molecule has 0 aromatic heterocycles. The van der Waals surface area contributed by atoms with Gasteiger partial charge in [0.1, 0.15) is 0 Å². The molecule has 1 fully saturated rings. The summed E-state index contributed by atoms with van der Waals surface area (Å²) in [5.41, 5.74) is 1.88. The van der Waals surface area contributed by atoms with Crippen LogP contribution in [0.2, 0.25) is 0 Å². The van der Waals surface area contributed by atoms with E-state index in [9.17, 15) is 13.2 Å². The molecule has 2 rings (SSSR count). The Kier molecular flexibility index (Phi) is 5.19. The monoisotopic (exact) mass is 341 g/mol. The number of amides is 1. The SMILES string of the molecule is COc1cc(C)c([C@H](C)NC(=O)[C@@H]2CCS(=O)(=O)C2)cc1OC. The van der Waals surface area contributed by atoms with E-state index in [-0.39, 0.29) is 23.5 Å². The number of carbonyl (C=O) groups is 1. The number of carbonyl (C=O) groups excluding carboxylic acids is 1. The Labute approximate surface area is 137 Å². The maximum Gasteiger partial charge on any atom is 0.224 e. The fourth-order valence-corrected chi connectivity index (χ4v) is 4.62. The molecule has 0 bridgehead atoms. The zero-order valence-corrected chi connectivity index (χ0v) is 14.7. The van der Waals surface area contributed by atoms with Crippen LogP contribution in [0.15, 0.2) is 12.1 Å². The first-order chi connectivity index (χ1) is 10.8. The molecule has 1 amide bonds. The van der Waals surface area contributed by atoms with Crippen LogP contribution in [0.1, 0.15) is 30.5 Å². The highest BCUT2D eigenvalue weighted by molar-refractivity contribution is 7.91. The first-order valence-electron chi connectivity index (χ1n) is 7.50. The maximum atomic E-state index is 12.3. The molecule has 1 aliphatic rings.